The fourth-order valence-electron chi connectivity index (χ4n) is 2.46. The van der Waals surface area contributed by atoms with Crippen LogP contribution in [0.3, 0.4) is 0 Å². The molecule has 3 rings (SSSR count). The number of nitrogens with zero attached hydrogens (tertiary/aromatic N) is 2. The standard InChI is InChI=1S/C19H17ClN2O3S/c1-22-14-10-15(24-2)16(25-3)11-17(14)26-19(22)21-18(23)9-8-12-6-4-5-7-13(12)20/h4-11H,1-3H3/b9-8+,21-19?. The quantitative estimate of drug-likeness (QED) is 0.633. The van der Waals surface area contributed by atoms with E-state index in [0.717, 1.165) is 15.8 Å². The molecule has 1 amide bonds. The predicted molar refractivity (Wildman–Crippen MR) is 105 cm³/mol. The maximum atomic E-state index is 12.2. The molecule has 0 saturated carbocycles. The van der Waals surface area contributed by atoms with Crippen LogP contribution in [0.1, 0.15) is 5.56 Å². The van der Waals surface area contributed by atoms with E-state index in [0.29, 0.717) is 21.3 Å². The van der Waals surface area contributed by atoms with Crippen molar-refractivity contribution in [3.8, 4) is 11.5 Å². The van der Waals surface area contributed by atoms with E-state index in [1.165, 1.54) is 17.4 Å². The van der Waals surface area contributed by atoms with Gasteiger partial charge in [0.25, 0.3) is 5.91 Å². The van der Waals surface area contributed by atoms with E-state index in [4.69, 9.17) is 21.1 Å². The fraction of sp³-hybridized carbons (Fsp3) is 0.158. The zero-order valence-electron chi connectivity index (χ0n) is 14.5. The van der Waals surface area contributed by atoms with E-state index in [-0.39, 0.29) is 5.91 Å². The predicted octanol–water partition coefficient (Wildman–Crippen LogP) is 4.05. The molecule has 0 unspecified atom stereocenters. The van der Waals surface area contributed by atoms with Gasteiger partial charge in [-0.15, -0.1) is 0 Å². The molecular weight excluding hydrogens is 372 g/mol. The lowest BCUT2D eigenvalue weighted by molar-refractivity contribution is -0.113. The number of benzene rings is 2. The third-order valence-corrected chi connectivity index (χ3v) is 5.27. The summed E-state index contributed by atoms with van der Waals surface area (Å²) in [6.07, 6.45) is 3.07. The van der Waals surface area contributed by atoms with E-state index in [1.807, 2.05) is 41.9 Å². The van der Waals surface area contributed by atoms with Gasteiger partial charge in [-0.1, -0.05) is 41.1 Å². The normalized spacial score (nSPS) is 12.1. The summed E-state index contributed by atoms with van der Waals surface area (Å²) in [5.41, 5.74) is 1.68. The van der Waals surface area contributed by atoms with Crippen LogP contribution in [0, 0.1) is 0 Å². The number of amides is 1. The third kappa shape index (κ3) is 3.66. The SMILES string of the molecule is COc1cc2sc(=NC(=O)/C=C/c3ccccc3Cl)n(C)c2cc1OC. The monoisotopic (exact) mass is 388 g/mol. The maximum Gasteiger partial charge on any atom is 0.272 e. The van der Waals surface area contributed by atoms with E-state index in [9.17, 15) is 4.79 Å². The van der Waals surface area contributed by atoms with Gasteiger partial charge in [-0.25, -0.2) is 0 Å². The number of hydrogen-bond acceptors (Lipinski definition) is 4. The Morgan fingerprint density at radius 2 is 1.88 bits per heavy atom. The molecule has 2 aromatic carbocycles. The summed E-state index contributed by atoms with van der Waals surface area (Å²) in [5.74, 6) is 0.911. The molecule has 1 heterocycles. The van der Waals surface area contributed by atoms with Gasteiger partial charge in [-0.3, -0.25) is 4.79 Å². The zero-order valence-corrected chi connectivity index (χ0v) is 16.1. The van der Waals surface area contributed by atoms with Crippen LogP contribution in [-0.4, -0.2) is 24.7 Å². The first-order valence-corrected chi connectivity index (χ1v) is 8.95. The highest BCUT2D eigenvalue weighted by Crippen LogP contribution is 2.33. The van der Waals surface area contributed by atoms with Gasteiger partial charge in [0.05, 0.1) is 24.4 Å². The first-order valence-electron chi connectivity index (χ1n) is 7.76. The van der Waals surface area contributed by atoms with Gasteiger partial charge >= 0.3 is 0 Å². The highest BCUT2D eigenvalue weighted by Gasteiger charge is 2.11. The molecule has 3 aromatic rings. The number of aryl methyl sites for hydroxylation is 1. The Balaban J connectivity index is 1.98. The number of methoxy groups -OCH3 is 2. The number of thiazole rings is 1. The number of fused-ring (bicyclic) bond motifs is 1. The molecule has 0 aliphatic heterocycles. The minimum atomic E-state index is -0.356. The van der Waals surface area contributed by atoms with Gasteiger partial charge in [0.15, 0.2) is 16.3 Å². The summed E-state index contributed by atoms with van der Waals surface area (Å²) >= 11 is 7.49. The van der Waals surface area contributed by atoms with Gasteiger partial charge in [0.2, 0.25) is 0 Å². The molecule has 5 nitrogen and oxygen atoms in total. The number of aromatic nitrogens is 1. The second-order valence-electron chi connectivity index (χ2n) is 5.42. The Bertz CT molecular complexity index is 1070. The van der Waals surface area contributed by atoms with E-state index >= 15 is 0 Å². The average Bonchev–Trinajstić information content (AvgIpc) is 2.94. The van der Waals surface area contributed by atoms with Crippen LogP contribution in [0.15, 0.2) is 47.5 Å². The van der Waals surface area contributed by atoms with Crippen LogP contribution in [-0.2, 0) is 11.8 Å². The molecule has 134 valence electrons. The lowest BCUT2D eigenvalue weighted by atomic mass is 10.2. The van der Waals surface area contributed by atoms with Gasteiger partial charge in [0.1, 0.15) is 0 Å². The molecule has 0 radical (unpaired) electrons. The number of halogens is 1. The molecule has 0 atom stereocenters. The summed E-state index contributed by atoms with van der Waals surface area (Å²) < 4.78 is 13.5. The average molecular weight is 389 g/mol. The Labute approximate surface area is 159 Å². The molecular formula is C19H17ClN2O3S. The van der Waals surface area contributed by atoms with Crippen LogP contribution in [0.2, 0.25) is 5.02 Å². The lowest BCUT2D eigenvalue weighted by Gasteiger charge is -2.07. The van der Waals surface area contributed by atoms with Gasteiger partial charge in [-0.05, 0) is 17.7 Å². The first-order chi connectivity index (χ1) is 12.5. The lowest BCUT2D eigenvalue weighted by Crippen LogP contribution is -2.12. The molecule has 0 N–H and O–H groups in total. The van der Waals surface area contributed by atoms with Crippen molar-refractivity contribution in [3.63, 3.8) is 0 Å². The van der Waals surface area contributed by atoms with Crippen molar-refractivity contribution in [2.45, 2.75) is 0 Å². The van der Waals surface area contributed by atoms with Crippen molar-refractivity contribution in [2.24, 2.45) is 12.0 Å². The third-order valence-electron chi connectivity index (χ3n) is 3.83. The minimum absolute atomic E-state index is 0.356. The number of rotatable bonds is 4. The van der Waals surface area contributed by atoms with E-state index in [1.54, 1.807) is 26.4 Å². The van der Waals surface area contributed by atoms with Crippen molar-refractivity contribution < 1.29 is 14.3 Å². The fourth-order valence-corrected chi connectivity index (χ4v) is 3.70. The Hall–Kier alpha value is -2.57. The van der Waals surface area contributed by atoms with E-state index < -0.39 is 0 Å². The van der Waals surface area contributed by atoms with Crippen molar-refractivity contribution >= 4 is 45.1 Å². The van der Waals surface area contributed by atoms with E-state index in [2.05, 4.69) is 4.99 Å². The van der Waals surface area contributed by atoms with Crippen LogP contribution in [0.4, 0.5) is 0 Å². The zero-order chi connectivity index (χ0) is 18.7. The van der Waals surface area contributed by atoms with Crippen molar-refractivity contribution in [1.29, 1.82) is 0 Å². The topological polar surface area (TPSA) is 52.8 Å². The molecule has 0 aliphatic rings. The second kappa shape index (κ2) is 7.76. The molecule has 0 saturated heterocycles. The number of carbonyl (C=O) groups excluding carboxylic acids is 1. The van der Waals surface area contributed by atoms with Gasteiger partial charge in [0, 0.05) is 30.3 Å². The molecule has 0 spiro atoms. The van der Waals surface area contributed by atoms with Crippen molar-refractivity contribution in [2.75, 3.05) is 14.2 Å². The second-order valence-corrected chi connectivity index (χ2v) is 6.84. The summed E-state index contributed by atoms with van der Waals surface area (Å²) in [5, 5.41) is 0.586. The smallest absolute Gasteiger partial charge is 0.272 e. The summed E-state index contributed by atoms with van der Waals surface area (Å²) in [6.45, 7) is 0. The number of ether oxygens (including phenoxy) is 2. The summed E-state index contributed by atoms with van der Waals surface area (Å²) in [4.78, 5) is 17.0. The highest BCUT2D eigenvalue weighted by molar-refractivity contribution is 7.16. The van der Waals surface area contributed by atoms with Crippen molar-refractivity contribution in [1.82, 2.24) is 4.57 Å². The summed E-state index contributed by atoms with van der Waals surface area (Å²) in [6, 6.07) is 11.1. The highest BCUT2D eigenvalue weighted by atomic mass is 35.5. The number of hydrogen-bond donors (Lipinski definition) is 0. The molecule has 0 bridgehead atoms. The van der Waals surface area contributed by atoms with Crippen molar-refractivity contribution in [3.05, 3.63) is 57.9 Å². The Morgan fingerprint density at radius 1 is 1.19 bits per heavy atom. The maximum absolute atomic E-state index is 12.2. The van der Waals surface area contributed by atoms with Gasteiger partial charge in [-0.2, -0.15) is 4.99 Å². The molecule has 1 aromatic heterocycles. The van der Waals surface area contributed by atoms with Crippen LogP contribution >= 0.6 is 22.9 Å². The Morgan fingerprint density at radius 3 is 2.58 bits per heavy atom. The largest absolute Gasteiger partial charge is 0.493 e. The first kappa shape index (κ1) is 18.2. The van der Waals surface area contributed by atoms with Crippen LogP contribution in [0.25, 0.3) is 16.3 Å². The molecule has 7 heteroatoms. The van der Waals surface area contributed by atoms with Crippen LogP contribution in [0.5, 0.6) is 11.5 Å². The number of carbonyl (C=O) groups is 1. The molecule has 0 aliphatic carbocycles. The van der Waals surface area contributed by atoms with Gasteiger partial charge < -0.3 is 14.0 Å². The minimum Gasteiger partial charge on any atom is -0.493 e. The van der Waals surface area contributed by atoms with Crippen LogP contribution < -0.4 is 14.3 Å². The summed E-state index contributed by atoms with van der Waals surface area (Å²) in [7, 11) is 5.03. The molecule has 26 heavy (non-hydrogen) atoms. The Kier molecular flexibility index (Phi) is 5.44. The molecule has 0 fully saturated rings.